The van der Waals surface area contributed by atoms with E-state index in [-0.39, 0.29) is 23.1 Å². The maximum absolute atomic E-state index is 13.5. The molecule has 7 aromatic rings. The van der Waals surface area contributed by atoms with Crippen LogP contribution in [0.1, 0.15) is 51.0 Å². The minimum atomic E-state index is -4.40. The van der Waals surface area contributed by atoms with E-state index in [1.807, 2.05) is 95.9 Å². The summed E-state index contributed by atoms with van der Waals surface area (Å²) in [4.78, 5) is 20.0. The van der Waals surface area contributed by atoms with Gasteiger partial charge in [-0.1, -0.05) is 176 Å². The number of piperazine rings is 2. The molecule has 344 valence electrons. The topological polar surface area (TPSA) is 38.8 Å². The predicted octanol–water partition coefficient (Wildman–Crippen LogP) is 12.5. The Morgan fingerprint density at radius 2 is 0.925 bits per heavy atom. The van der Waals surface area contributed by atoms with Crippen LogP contribution in [-0.2, 0) is 36.7 Å². The van der Waals surface area contributed by atoms with E-state index in [0.29, 0.717) is 43.2 Å². The molecular weight excluding hydrogens is 859 g/mol. The Hall–Kier alpha value is -6.53. The van der Waals surface area contributed by atoms with Gasteiger partial charge < -0.3 is 10.2 Å². The van der Waals surface area contributed by atoms with E-state index in [2.05, 4.69) is 39.4 Å². The lowest BCUT2D eigenvalue weighted by molar-refractivity contribution is -0.137. The van der Waals surface area contributed by atoms with Crippen LogP contribution in [0, 0.1) is 0 Å². The standard InChI is InChI=1S/C32H29F3N2O.C24H23F3N2/c33-32(34,35)29-14-8-7-13-28(29)26-17-15-25(16-18-26)22-36-19-20-37(30(23-36)27-11-5-2-6-12-27)31(38)21-24-9-3-1-4-10-24;25-24(26,27)22-9-5-4-8-21(22)19-12-10-18(11-13-19)16-29-15-14-28-23(17-29)20-6-2-1-3-7-20/h1-18,30H,19-23H2;1-13,23,28H,14-17H2. The Balaban J connectivity index is 0.000000188. The quantitative estimate of drug-likeness (QED) is 0.139. The van der Waals surface area contributed by atoms with Crippen molar-refractivity contribution in [1.29, 1.82) is 0 Å². The van der Waals surface area contributed by atoms with Crippen molar-refractivity contribution >= 4 is 5.91 Å². The summed E-state index contributed by atoms with van der Waals surface area (Å²) < 4.78 is 80.3. The highest BCUT2D eigenvalue weighted by Crippen LogP contribution is 2.38. The fraction of sp³-hybridized carbons (Fsp3) is 0.232. The Morgan fingerprint density at radius 1 is 0.478 bits per heavy atom. The zero-order valence-corrected chi connectivity index (χ0v) is 36.9. The zero-order chi connectivity index (χ0) is 46.8. The fourth-order valence-electron chi connectivity index (χ4n) is 9.04. The molecule has 7 aromatic carbocycles. The molecule has 2 fully saturated rings. The van der Waals surface area contributed by atoms with Gasteiger partial charge in [-0.05, 0) is 62.2 Å². The molecule has 0 radical (unpaired) electrons. The van der Waals surface area contributed by atoms with Crippen LogP contribution in [-0.4, -0.2) is 59.9 Å². The lowest BCUT2D eigenvalue weighted by Gasteiger charge is -2.42. The van der Waals surface area contributed by atoms with Gasteiger partial charge in [0, 0.05) is 58.4 Å². The van der Waals surface area contributed by atoms with E-state index in [0.717, 1.165) is 67.1 Å². The van der Waals surface area contributed by atoms with Crippen LogP contribution < -0.4 is 5.32 Å². The number of hydrogen-bond acceptors (Lipinski definition) is 4. The first-order valence-electron chi connectivity index (χ1n) is 22.5. The Bertz CT molecular complexity index is 2660. The van der Waals surface area contributed by atoms with Crippen molar-refractivity contribution < 1.29 is 31.1 Å². The van der Waals surface area contributed by atoms with Crippen LogP contribution in [0.4, 0.5) is 26.3 Å². The number of alkyl halides is 6. The summed E-state index contributed by atoms with van der Waals surface area (Å²) in [5.74, 6) is 0.109. The molecule has 2 heterocycles. The van der Waals surface area contributed by atoms with Crippen molar-refractivity contribution in [2.75, 3.05) is 39.3 Å². The number of hydrogen-bond donors (Lipinski definition) is 1. The first-order chi connectivity index (χ1) is 32.4. The van der Waals surface area contributed by atoms with Gasteiger partial charge in [0.15, 0.2) is 0 Å². The van der Waals surface area contributed by atoms with Crippen LogP contribution in [0.3, 0.4) is 0 Å². The summed E-state index contributed by atoms with van der Waals surface area (Å²) in [5, 5.41) is 3.55. The van der Waals surface area contributed by atoms with E-state index in [9.17, 15) is 31.1 Å². The van der Waals surface area contributed by atoms with Crippen molar-refractivity contribution in [2.45, 2.75) is 43.9 Å². The summed E-state index contributed by atoms with van der Waals surface area (Å²) in [6.45, 7) is 6.23. The van der Waals surface area contributed by atoms with Crippen LogP contribution in [0.5, 0.6) is 0 Å². The minimum absolute atomic E-state index is 0.0703. The number of benzene rings is 7. The second-order valence-corrected chi connectivity index (χ2v) is 17.0. The third-order valence-corrected chi connectivity index (χ3v) is 12.4. The number of nitrogens with zero attached hydrogens (tertiary/aromatic N) is 3. The molecule has 0 bridgehead atoms. The minimum Gasteiger partial charge on any atom is -0.333 e. The SMILES string of the molecule is FC(F)(F)c1ccccc1-c1ccc(CN2CCNC(c3ccccc3)C2)cc1.O=C(Cc1ccccc1)N1CCN(Cc2ccc(-c3ccccc3C(F)(F)F)cc2)CC1c1ccccc1. The summed E-state index contributed by atoms with van der Waals surface area (Å²) in [7, 11) is 0. The summed E-state index contributed by atoms with van der Waals surface area (Å²) in [6.07, 6.45) is -8.40. The van der Waals surface area contributed by atoms with E-state index >= 15 is 0 Å². The van der Waals surface area contributed by atoms with E-state index < -0.39 is 23.5 Å². The number of carbonyl (C=O) groups is 1. The Labute approximate surface area is 388 Å². The molecule has 0 aromatic heterocycles. The maximum Gasteiger partial charge on any atom is 0.417 e. The van der Waals surface area contributed by atoms with Gasteiger partial charge in [0.2, 0.25) is 5.91 Å². The van der Waals surface area contributed by atoms with Crippen LogP contribution >= 0.6 is 0 Å². The van der Waals surface area contributed by atoms with Gasteiger partial charge in [-0.25, -0.2) is 0 Å². The lowest BCUT2D eigenvalue weighted by atomic mass is 9.97. The number of carbonyl (C=O) groups excluding carboxylic acids is 1. The molecular formula is C56H52F6N4O. The average molecular weight is 911 g/mol. The van der Waals surface area contributed by atoms with Crippen LogP contribution in [0.15, 0.2) is 188 Å². The molecule has 0 aliphatic carbocycles. The van der Waals surface area contributed by atoms with Crippen molar-refractivity contribution in [1.82, 2.24) is 20.0 Å². The van der Waals surface area contributed by atoms with Crippen molar-refractivity contribution in [2.24, 2.45) is 0 Å². The van der Waals surface area contributed by atoms with Crippen LogP contribution in [0.2, 0.25) is 0 Å². The molecule has 0 saturated carbocycles. The van der Waals surface area contributed by atoms with Gasteiger partial charge in [-0.3, -0.25) is 14.6 Å². The molecule has 5 nitrogen and oxygen atoms in total. The Morgan fingerprint density at radius 3 is 1.43 bits per heavy atom. The van der Waals surface area contributed by atoms with E-state index in [4.69, 9.17) is 0 Å². The smallest absolute Gasteiger partial charge is 0.333 e. The highest BCUT2D eigenvalue weighted by atomic mass is 19.4. The molecule has 11 heteroatoms. The molecule has 1 N–H and O–H groups in total. The van der Waals surface area contributed by atoms with Gasteiger partial charge in [0.25, 0.3) is 0 Å². The molecule has 2 aliphatic rings. The first-order valence-corrected chi connectivity index (χ1v) is 22.5. The zero-order valence-electron chi connectivity index (χ0n) is 36.9. The number of amides is 1. The van der Waals surface area contributed by atoms with Gasteiger partial charge in [-0.2, -0.15) is 26.3 Å². The third kappa shape index (κ3) is 12.3. The lowest BCUT2D eigenvalue weighted by Crippen LogP contribution is -2.50. The second-order valence-electron chi connectivity index (χ2n) is 17.0. The third-order valence-electron chi connectivity index (χ3n) is 12.4. The largest absolute Gasteiger partial charge is 0.417 e. The molecule has 2 aliphatic heterocycles. The average Bonchev–Trinajstić information content (AvgIpc) is 3.35. The predicted molar refractivity (Wildman–Crippen MR) is 253 cm³/mol. The first kappa shape index (κ1) is 47.0. The summed E-state index contributed by atoms with van der Waals surface area (Å²) in [5.41, 5.74) is 5.80. The van der Waals surface area contributed by atoms with Gasteiger partial charge >= 0.3 is 12.4 Å². The fourth-order valence-corrected chi connectivity index (χ4v) is 9.04. The molecule has 9 rings (SSSR count). The molecule has 67 heavy (non-hydrogen) atoms. The molecule has 2 unspecified atom stereocenters. The second kappa shape index (κ2) is 21.4. The highest BCUT2D eigenvalue weighted by molar-refractivity contribution is 5.79. The molecule has 2 atom stereocenters. The van der Waals surface area contributed by atoms with E-state index in [1.165, 1.54) is 29.8 Å². The van der Waals surface area contributed by atoms with Crippen molar-refractivity contribution in [3.8, 4) is 22.3 Å². The molecule has 2 saturated heterocycles. The number of nitrogens with one attached hydrogen (secondary N) is 1. The van der Waals surface area contributed by atoms with Gasteiger partial charge in [0.1, 0.15) is 0 Å². The number of rotatable bonds is 10. The van der Waals surface area contributed by atoms with Gasteiger partial charge in [0.05, 0.1) is 23.6 Å². The highest BCUT2D eigenvalue weighted by Gasteiger charge is 2.35. The normalized spacial score (nSPS) is 17.1. The van der Waals surface area contributed by atoms with E-state index in [1.54, 1.807) is 36.4 Å². The summed E-state index contributed by atoms with van der Waals surface area (Å²) >= 11 is 0. The summed E-state index contributed by atoms with van der Waals surface area (Å²) in [6, 6.07) is 56.6. The molecule has 0 spiro atoms. The van der Waals surface area contributed by atoms with Gasteiger partial charge in [-0.15, -0.1) is 0 Å². The van der Waals surface area contributed by atoms with Crippen molar-refractivity contribution in [3.63, 3.8) is 0 Å². The molecule has 1 amide bonds. The Kier molecular flexibility index (Phi) is 15.0. The number of halogens is 6. The monoisotopic (exact) mass is 910 g/mol. The van der Waals surface area contributed by atoms with Crippen molar-refractivity contribution in [3.05, 3.63) is 227 Å². The van der Waals surface area contributed by atoms with Crippen LogP contribution in [0.25, 0.3) is 22.3 Å². The maximum atomic E-state index is 13.5.